The molecule has 0 unspecified atom stereocenters. The van der Waals surface area contributed by atoms with Crippen molar-refractivity contribution in [2.24, 2.45) is 5.92 Å². The van der Waals surface area contributed by atoms with Gasteiger partial charge in [0.15, 0.2) is 0 Å². The SMILES string of the molecule is C/C=C\C[C@@H](C)CCC=C(C)C. The summed E-state index contributed by atoms with van der Waals surface area (Å²) >= 11 is 0. The second kappa shape index (κ2) is 7.15. The molecule has 70 valence electrons. The Labute approximate surface area is 77.4 Å². The molecule has 0 saturated carbocycles. The zero-order chi connectivity index (χ0) is 9.40. The summed E-state index contributed by atoms with van der Waals surface area (Å²) in [6, 6.07) is 0. The summed E-state index contributed by atoms with van der Waals surface area (Å²) in [5.74, 6) is 0.830. The molecule has 0 bridgehead atoms. The smallest absolute Gasteiger partial charge is 0.0325 e. The highest BCUT2D eigenvalue weighted by Crippen LogP contribution is 2.11. The Morgan fingerprint density at radius 2 is 2.00 bits per heavy atom. The van der Waals surface area contributed by atoms with Gasteiger partial charge in [0.05, 0.1) is 0 Å². The fourth-order valence-corrected chi connectivity index (χ4v) is 1.14. The predicted molar refractivity (Wildman–Crippen MR) is 57.3 cm³/mol. The van der Waals surface area contributed by atoms with E-state index in [2.05, 4.69) is 45.9 Å². The largest absolute Gasteiger partial charge is 0.0917 e. The van der Waals surface area contributed by atoms with Crippen LogP contribution in [0.4, 0.5) is 0 Å². The number of hydrogen-bond acceptors (Lipinski definition) is 0. The minimum Gasteiger partial charge on any atom is -0.0917 e. The molecule has 0 nitrogen and oxygen atoms in total. The van der Waals surface area contributed by atoms with E-state index in [1.54, 1.807) is 0 Å². The van der Waals surface area contributed by atoms with Crippen molar-refractivity contribution in [2.45, 2.75) is 47.0 Å². The van der Waals surface area contributed by atoms with Gasteiger partial charge in [-0.2, -0.15) is 0 Å². The molecule has 0 rings (SSSR count). The van der Waals surface area contributed by atoms with Gasteiger partial charge in [-0.3, -0.25) is 0 Å². The van der Waals surface area contributed by atoms with Gasteiger partial charge in [0, 0.05) is 0 Å². The molecule has 0 aromatic heterocycles. The third-order valence-corrected chi connectivity index (χ3v) is 1.99. The molecular formula is C12H22. The van der Waals surface area contributed by atoms with Gasteiger partial charge in [-0.25, -0.2) is 0 Å². The summed E-state index contributed by atoms with van der Waals surface area (Å²) in [4.78, 5) is 0. The average molecular weight is 166 g/mol. The van der Waals surface area contributed by atoms with Crippen LogP contribution in [0.15, 0.2) is 23.8 Å². The lowest BCUT2D eigenvalue weighted by molar-refractivity contribution is 0.545. The molecule has 0 aliphatic heterocycles. The summed E-state index contributed by atoms with van der Waals surface area (Å²) in [7, 11) is 0. The monoisotopic (exact) mass is 166 g/mol. The van der Waals surface area contributed by atoms with Crippen LogP contribution in [0.3, 0.4) is 0 Å². The molecule has 0 aromatic carbocycles. The first-order valence-corrected chi connectivity index (χ1v) is 4.91. The van der Waals surface area contributed by atoms with Crippen LogP contribution in [0, 0.1) is 5.92 Å². The van der Waals surface area contributed by atoms with Gasteiger partial charge in [-0.15, -0.1) is 0 Å². The Balaban J connectivity index is 3.43. The predicted octanol–water partition coefficient (Wildman–Crippen LogP) is 4.34. The molecule has 0 heterocycles. The first kappa shape index (κ1) is 11.5. The van der Waals surface area contributed by atoms with Gasteiger partial charge >= 0.3 is 0 Å². The molecule has 0 N–H and O–H groups in total. The second-order valence-corrected chi connectivity index (χ2v) is 3.77. The maximum absolute atomic E-state index is 2.33. The summed E-state index contributed by atoms with van der Waals surface area (Å²) in [5.41, 5.74) is 1.44. The summed E-state index contributed by atoms with van der Waals surface area (Å²) < 4.78 is 0. The van der Waals surface area contributed by atoms with Crippen molar-refractivity contribution in [1.29, 1.82) is 0 Å². The maximum Gasteiger partial charge on any atom is -0.0325 e. The van der Waals surface area contributed by atoms with Crippen LogP contribution in [0.1, 0.15) is 47.0 Å². The first-order valence-electron chi connectivity index (χ1n) is 4.91. The normalized spacial score (nSPS) is 13.3. The lowest BCUT2D eigenvalue weighted by Gasteiger charge is -2.05. The van der Waals surface area contributed by atoms with Crippen LogP contribution in [0.25, 0.3) is 0 Å². The summed E-state index contributed by atoms with van der Waals surface area (Å²) in [5, 5.41) is 0. The first-order chi connectivity index (χ1) is 5.66. The number of rotatable bonds is 5. The van der Waals surface area contributed by atoms with Gasteiger partial charge in [0.2, 0.25) is 0 Å². The van der Waals surface area contributed by atoms with E-state index in [1.807, 2.05) is 0 Å². The van der Waals surface area contributed by atoms with Gasteiger partial charge in [0.25, 0.3) is 0 Å². The molecule has 0 aliphatic carbocycles. The minimum absolute atomic E-state index is 0.830. The van der Waals surface area contributed by atoms with Crippen LogP contribution < -0.4 is 0 Å². The Morgan fingerprint density at radius 1 is 1.33 bits per heavy atom. The van der Waals surface area contributed by atoms with Crippen LogP contribution in [-0.4, -0.2) is 0 Å². The van der Waals surface area contributed by atoms with E-state index in [-0.39, 0.29) is 0 Å². The Bertz CT molecular complexity index is 147. The van der Waals surface area contributed by atoms with E-state index in [0.717, 1.165) is 5.92 Å². The molecule has 0 aliphatic rings. The van der Waals surface area contributed by atoms with Gasteiger partial charge < -0.3 is 0 Å². The fourth-order valence-electron chi connectivity index (χ4n) is 1.14. The minimum atomic E-state index is 0.830. The second-order valence-electron chi connectivity index (χ2n) is 3.77. The van der Waals surface area contributed by atoms with Crippen molar-refractivity contribution in [3.05, 3.63) is 23.8 Å². The quantitative estimate of drug-likeness (QED) is 0.533. The summed E-state index contributed by atoms with van der Waals surface area (Å²) in [6.45, 7) is 8.73. The van der Waals surface area contributed by atoms with Crippen molar-refractivity contribution < 1.29 is 0 Å². The highest BCUT2D eigenvalue weighted by Gasteiger charge is 1.96. The van der Waals surface area contributed by atoms with Crippen molar-refractivity contribution in [3.8, 4) is 0 Å². The van der Waals surface area contributed by atoms with E-state index in [9.17, 15) is 0 Å². The topological polar surface area (TPSA) is 0 Å². The molecule has 0 spiro atoms. The van der Waals surface area contributed by atoms with E-state index in [1.165, 1.54) is 24.8 Å². The van der Waals surface area contributed by atoms with Crippen LogP contribution in [0.2, 0.25) is 0 Å². The van der Waals surface area contributed by atoms with E-state index in [0.29, 0.717) is 0 Å². The highest BCUT2D eigenvalue weighted by molar-refractivity contribution is 4.93. The fraction of sp³-hybridized carbons (Fsp3) is 0.667. The Hall–Kier alpha value is -0.520. The van der Waals surface area contributed by atoms with Crippen molar-refractivity contribution in [3.63, 3.8) is 0 Å². The van der Waals surface area contributed by atoms with Gasteiger partial charge in [-0.1, -0.05) is 30.7 Å². The van der Waals surface area contributed by atoms with E-state index in [4.69, 9.17) is 0 Å². The van der Waals surface area contributed by atoms with Crippen LogP contribution in [-0.2, 0) is 0 Å². The molecular weight excluding hydrogens is 144 g/mol. The Kier molecular flexibility index (Phi) is 6.84. The molecule has 0 fully saturated rings. The van der Waals surface area contributed by atoms with Crippen LogP contribution >= 0.6 is 0 Å². The van der Waals surface area contributed by atoms with E-state index < -0.39 is 0 Å². The maximum atomic E-state index is 2.33. The number of hydrogen-bond donors (Lipinski definition) is 0. The average Bonchev–Trinajstić information content (AvgIpc) is 2.00. The molecule has 0 aromatic rings. The molecule has 0 saturated heterocycles. The zero-order valence-corrected chi connectivity index (χ0v) is 8.93. The third kappa shape index (κ3) is 7.59. The molecule has 0 heteroatoms. The Morgan fingerprint density at radius 3 is 2.50 bits per heavy atom. The molecule has 12 heavy (non-hydrogen) atoms. The third-order valence-electron chi connectivity index (χ3n) is 1.99. The van der Waals surface area contributed by atoms with Crippen LogP contribution in [0.5, 0.6) is 0 Å². The molecule has 0 amide bonds. The van der Waals surface area contributed by atoms with Crippen molar-refractivity contribution in [2.75, 3.05) is 0 Å². The highest BCUT2D eigenvalue weighted by atomic mass is 14.0. The van der Waals surface area contributed by atoms with Crippen molar-refractivity contribution in [1.82, 2.24) is 0 Å². The molecule has 0 radical (unpaired) electrons. The van der Waals surface area contributed by atoms with Crippen molar-refractivity contribution >= 4 is 0 Å². The zero-order valence-electron chi connectivity index (χ0n) is 8.93. The standard InChI is InChI=1S/C12H22/c1-5-6-9-12(4)10-7-8-11(2)3/h5-6,8,12H,7,9-10H2,1-4H3/b6-5-/t12-/m1/s1. The lowest BCUT2D eigenvalue weighted by Crippen LogP contribution is -1.91. The van der Waals surface area contributed by atoms with Gasteiger partial charge in [0.1, 0.15) is 0 Å². The summed E-state index contributed by atoms with van der Waals surface area (Å²) in [6.07, 6.45) is 10.5. The number of allylic oxidation sites excluding steroid dienone is 4. The van der Waals surface area contributed by atoms with Gasteiger partial charge in [-0.05, 0) is 46.0 Å². The van der Waals surface area contributed by atoms with E-state index >= 15 is 0 Å². The lowest BCUT2D eigenvalue weighted by atomic mass is 10.0. The molecule has 1 atom stereocenters.